The molecule has 2 rings (SSSR count). The lowest BCUT2D eigenvalue weighted by Gasteiger charge is -2.05. The van der Waals surface area contributed by atoms with Crippen LogP contribution in [0.15, 0.2) is 50.4 Å². The van der Waals surface area contributed by atoms with Crippen LogP contribution < -0.4 is 10.7 Å². The second-order valence-electron chi connectivity index (χ2n) is 4.79. The van der Waals surface area contributed by atoms with E-state index < -0.39 is 17.6 Å². The van der Waals surface area contributed by atoms with Gasteiger partial charge >= 0.3 is 0 Å². The third kappa shape index (κ3) is 5.36. The van der Waals surface area contributed by atoms with Crippen LogP contribution in [0.3, 0.4) is 0 Å². The van der Waals surface area contributed by atoms with Crippen molar-refractivity contribution in [2.45, 2.75) is 0 Å². The summed E-state index contributed by atoms with van der Waals surface area (Å²) in [6.45, 7) is -0.354. The SMILES string of the molecule is O=C(CNC(=O)c1ccccc1F)N/N=C/c1cc(Br)c(O)c(Br)c1. The largest absolute Gasteiger partial charge is 0.506 e. The minimum absolute atomic E-state index is 0.0528. The van der Waals surface area contributed by atoms with Crippen molar-refractivity contribution in [1.82, 2.24) is 10.7 Å². The van der Waals surface area contributed by atoms with E-state index in [-0.39, 0.29) is 17.9 Å². The second kappa shape index (κ2) is 8.72. The number of aromatic hydroxyl groups is 1. The summed E-state index contributed by atoms with van der Waals surface area (Å²) in [5.41, 5.74) is 2.71. The van der Waals surface area contributed by atoms with Crippen LogP contribution in [-0.2, 0) is 4.79 Å². The van der Waals surface area contributed by atoms with Gasteiger partial charge in [-0.05, 0) is 61.7 Å². The molecule has 0 unspecified atom stereocenters. The molecule has 0 aromatic heterocycles. The van der Waals surface area contributed by atoms with Gasteiger partial charge in [-0.2, -0.15) is 5.10 Å². The van der Waals surface area contributed by atoms with Gasteiger partial charge in [0.1, 0.15) is 11.6 Å². The summed E-state index contributed by atoms with van der Waals surface area (Å²) in [7, 11) is 0. The average Bonchev–Trinajstić information content (AvgIpc) is 2.58. The molecule has 130 valence electrons. The van der Waals surface area contributed by atoms with E-state index in [2.05, 4.69) is 47.7 Å². The number of phenols is 1. The number of carbonyl (C=O) groups excluding carboxylic acids is 2. The van der Waals surface area contributed by atoms with Crippen LogP contribution >= 0.6 is 31.9 Å². The van der Waals surface area contributed by atoms with E-state index in [1.54, 1.807) is 12.1 Å². The molecule has 0 bridgehead atoms. The monoisotopic (exact) mass is 471 g/mol. The molecule has 0 radical (unpaired) electrons. The number of phenolic OH excluding ortho intramolecular Hbond substituents is 1. The molecule has 3 N–H and O–H groups in total. The normalized spacial score (nSPS) is 10.7. The first kappa shape index (κ1) is 19.1. The molecule has 25 heavy (non-hydrogen) atoms. The smallest absolute Gasteiger partial charge is 0.259 e. The van der Waals surface area contributed by atoms with Crippen LogP contribution in [0, 0.1) is 5.82 Å². The molecular formula is C16H12Br2FN3O3. The number of hydrazone groups is 1. The molecule has 0 heterocycles. The Hall–Kier alpha value is -2.26. The van der Waals surface area contributed by atoms with Gasteiger partial charge in [0, 0.05) is 0 Å². The second-order valence-corrected chi connectivity index (χ2v) is 6.50. The lowest BCUT2D eigenvalue weighted by Crippen LogP contribution is -2.35. The zero-order valence-corrected chi connectivity index (χ0v) is 15.8. The van der Waals surface area contributed by atoms with Crippen molar-refractivity contribution in [2.24, 2.45) is 5.10 Å². The zero-order chi connectivity index (χ0) is 18.4. The summed E-state index contributed by atoms with van der Waals surface area (Å²) in [5.74, 6) is -1.87. The third-order valence-corrected chi connectivity index (χ3v) is 4.18. The van der Waals surface area contributed by atoms with Crippen LogP contribution in [0.5, 0.6) is 5.75 Å². The van der Waals surface area contributed by atoms with Crippen LogP contribution in [0.2, 0.25) is 0 Å². The highest BCUT2D eigenvalue weighted by atomic mass is 79.9. The summed E-state index contributed by atoms with van der Waals surface area (Å²) in [6, 6.07) is 8.68. The minimum Gasteiger partial charge on any atom is -0.506 e. The van der Waals surface area contributed by atoms with Crippen molar-refractivity contribution in [3.63, 3.8) is 0 Å². The van der Waals surface area contributed by atoms with Crippen LogP contribution in [0.1, 0.15) is 15.9 Å². The maximum atomic E-state index is 13.4. The van der Waals surface area contributed by atoms with E-state index in [1.165, 1.54) is 24.4 Å². The number of nitrogens with one attached hydrogen (secondary N) is 2. The Morgan fingerprint density at radius 2 is 1.84 bits per heavy atom. The summed E-state index contributed by atoms with van der Waals surface area (Å²) in [6.07, 6.45) is 1.37. The molecule has 9 heteroatoms. The standard InChI is InChI=1S/C16H12Br2FN3O3/c17-11-5-9(6-12(18)15(11)24)7-21-22-14(23)8-20-16(25)10-3-1-2-4-13(10)19/h1-7,24H,8H2,(H,20,25)(H,22,23)/b21-7+. The Balaban J connectivity index is 1.87. The van der Waals surface area contributed by atoms with Gasteiger partial charge < -0.3 is 10.4 Å². The molecular weight excluding hydrogens is 461 g/mol. The fourth-order valence-electron chi connectivity index (χ4n) is 1.78. The number of benzene rings is 2. The number of hydrogen-bond acceptors (Lipinski definition) is 4. The first-order chi connectivity index (χ1) is 11.9. The van der Waals surface area contributed by atoms with Crippen LogP contribution in [0.25, 0.3) is 0 Å². The summed E-state index contributed by atoms with van der Waals surface area (Å²) < 4.78 is 14.4. The topological polar surface area (TPSA) is 90.8 Å². The fourth-order valence-corrected chi connectivity index (χ4v) is 3.00. The highest BCUT2D eigenvalue weighted by Gasteiger charge is 2.11. The molecule has 0 atom stereocenters. The van der Waals surface area contributed by atoms with E-state index >= 15 is 0 Å². The molecule has 0 aliphatic carbocycles. The predicted octanol–water partition coefficient (Wildman–Crippen LogP) is 2.94. The first-order valence-electron chi connectivity index (χ1n) is 6.91. The molecule has 0 aliphatic heterocycles. The van der Waals surface area contributed by atoms with Gasteiger partial charge in [-0.25, -0.2) is 9.82 Å². The molecule has 0 aliphatic rings. The van der Waals surface area contributed by atoms with Crippen LogP contribution in [-0.4, -0.2) is 29.7 Å². The van der Waals surface area contributed by atoms with E-state index in [0.29, 0.717) is 14.5 Å². The van der Waals surface area contributed by atoms with Crippen molar-refractivity contribution < 1.29 is 19.1 Å². The van der Waals surface area contributed by atoms with Crippen molar-refractivity contribution in [3.05, 3.63) is 62.3 Å². The van der Waals surface area contributed by atoms with Gasteiger partial charge in [-0.3, -0.25) is 9.59 Å². The maximum absolute atomic E-state index is 13.4. The Bertz CT molecular complexity index is 820. The highest BCUT2D eigenvalue weighted by Crippen LogP contribution is 2.32. The summed E-state index contributed by atoms with van der Waals surface area (Å²) in [4.78, 5) is 23.4. The Morgan fingerprint density at radius 1 is 1.20 bits per heavy atom. The predicted molar refractivity (Wildman–Crippen MR) is 98.0 cm³/mol. The number of rotatable bonds is 5. The van der Waals surface area contributed by atoms with Gasteiger partial charge in [-0.1, -0.05) is 12.1 Å². The fraction of sp³-hybridized carbons (Fsp3) is 0.0625. The Kier molecular flexibility index (Phi) is 6.65. The van der Waals surface area contributed by atoms with Crippen molar-refractivity contribution in [3.8, 4) is 5.75 Å². The zero-order valence-electron chi connectivity index (χ0n) is 12.6. The van der Waals surface area contributed by atoms with E-state index in [1.807, 2.05) is 0 Å². The lowest BCUT2D eigenvalue weighted by molar-refractivity contribution is -0.120. The molecule has 0 fully saturated rings. The van der Waals surface area contributed by atoms with Gasteiger partial charge in [0.2, 0.25) is 0 Å². The van der Waals surface area contributed by atoms with Gasteiger partial charge in [0.05, 0.1) is 27.3 Å². The molecule has 0 saturated carbocycles. The molecule has 2 aromatic carbocycles. The summed E-state index contributed by atoms with van der Waals surface area (Å²) >= 11 is 6.36. The number of halogens is 3. The first-order valence-corrected chi connectivity index (χ1v) is 8.49. The van der Waals surface area contributed by atoms with Gasteiger partial charge in [0.15, 0.2) is 0 Å². The van der Waals surface area contributed by atoms with Crippen molar-refractivity contribution in [2.75, 3.05) is 6.54 Å². The molecule has 0 spiro atoms. The number of hydrogen-bond donors (Lipinski definition) is 3. The van der Waals surface area contributed by atoms with Crippen molar-refractivity contribution in [1.29, 1.82) is 0 Å². The molecule has 6 nitrogen and oxygen atoms in total. The number of amides is 2. The minimum atomic E-state index is -0.691. The van der Waals surface area contributed by atoms with Crippen molar-refractivity contribution >= 4 is 49.9 Å². The van der Waals surface area contributed by atoms with Gasteiger partial charge in [0.25, 0.3) is 11.8 Å². The summed E-state index contributed by atoms with van der Waals surface area (Å²) in [5, 5.41) is 15.7. The number of carbonyl (C=O) groups is 2. The van der Waals surface area contributed by atoms with E-state index in [9.17, 15) is 19.1 Å². The number of nitrogens with zero attached hydrogens (tertiary/aromatic N) is 1. The lowest BCUT2D eigenvalue weighted by atomic mass is 10.2. The highest BCUT2D eigenvalue weighted by molar-refractivity contribution is 9.11. The van der Waals surface area contributed by atoms with E-state index in [0.717, 1.165) is 6.07 Å². The molecule has 2 amide bonds. The molecule has 0 saturated heterocycles. The molecule has 2 aromatic rings. The maximum Gasteiger partial charge on any atom is 0.259 e. The van der Waals surface area contributed by atoms with Crippen LogP contribution in [0.4, 0.5) is 4.39 Å². The Morgan fingerprint density at radius 3 is 2.48 bits per heavy atom. The van der Waals surface area contributed by atoms with Gasteiger partial charge in [-0.15, -0.1) is 0 Å². The van der Waals surface area contributed by atoms with E-state index in [4.69, 9.17) is 0 Å². The third-order valence-electron chi connectivity index (χ3n) is 2.97. The average molecular weight is 473 g/mol. The quantitative estimate of drug-likeness (QED) is 0.461. The Labute approximate surface area is 159 Å².